The SMILES string of the molecule is O=Cc1ccc(C(CN2CC23CCCCC3)C2CCCC2)cc1. The molecule has 1 aromatic rings. The minimum atomic E-state index is 0.581. The van der Waals surface area contributed by atoms with Gasteiger partial charge in [-0.25, -0.2) is 0 Å². The number of benzene rings is 1. The van der Waals surface area contributed by atoms with Gasteiger partial charge in [-0.2, -0.15) is 0 Å². The number of hydrogen-bond acceptors (Lipinski definition) is 2. The number of hydrogen-bond donors (Lipinski definition) is 0. The molecule has 1 aromatic carbocycles. The molecular formula is C21H29NO. The van der Waals surface area contributed by atoms with E-state index in [1.54, 1.807) is 0 Å². The van der Waals surface area contributed by atoms with Gasteiger partial charge in [0.25, 0.3) is 0 Å². The molecule has 2 atom stereocenters. The molecule has 0 bridgehead atoms. The molecule has 1 spiro atoms. The van der Waals surface area contributed by atoms with Gasteiger partial charge in [0.05, 0.1) is 0 Å². The first-order valence-corrected chi connectivity index (χ1v) is 9.61. The lowest BCUT2D eigenvalue weighted by Crippen LogP contribution is -2.27. The number of carbonyl (C=O) groups is 1. The summed E-state index contributed by atoms with van der Waals surface area (Å²) in [5.41, 5.74) is 2.84. The number of nitrogens with zero attached hydrogens (tertiary/aromatic N) is 1. The molecule has 0 amide bonds. The van der Waals surface area contributed by atoms with Gasteiger partial charge in [0.2, 0.25) is 0 Å². The zero-order chi connectivity index (χ0) is 15.7. The quantitative estimate of drug-likeness (QED) is 0.575. The van der Waals surface area contributed by atoms with Crippen LogP contribution in [0.15, 0.2) is 24.3 Å². The molecular weight excluding hydrogens is 282 g/mol. The van der Waals surface area contributed by atoms with Crippen molar-refractivity contribution in [3.63, 3.8) is 0 Å². The number of aldehydes is 1. The molecule has 3 fully saturated rings. The number of carbonyl (C=O) groups excluding carboxylic acids is 1. The van der Waals surface area contributed by atoms with Crippen molar-refractivity contribution in [2.45, 2.75) is 69.2 Å². The van der Waals surface area contributed by atoms with Gasteiger partial charge in [-0.05, 0) is 43.1 Å². The second-order valence-electron chi connectivity index (χ2n) is 8.10. The average Bonchev–Trinajstić information content (AvgIpc) is 3.02. The van der Waals surface area contributed by atoms with Crippen molar-refractivity contribution in [3.8, 4) is 0 Å². The lowest BCUT2D eigenvalue weighted by molar-refractivity contribution is 0.112. The summed E-state index contributed by atoms with van der Waals surface area (Å²) < 4.78 is 0. The average molecular weight is 311 g/mol. The Hall–Kier alpha value is -1.15. The van der Waals surface area contributed by atoms with Gasteiger partial charge >= 0.3 is 0 Å². The van der Waals surface area contributed by atoms with Crippen LogP contribution in [-0.4, -0.2) is 29.8 Å². The van der Waals surface area contributed by atoms with Crippen LogP contribution in [0.3, 0.4) is 0 Å². The Morgan fingerprint density at radius 2 is 1.74 bits per heavy atom. The van der Waals surface area contributed by atoms with E-state index < -0.39 is 0 Å². The standard InChI is InChI=1S/C21H29NO/c23-15-17-8-10-19(11-9-17)20(18-6-2-3-7-18)14-22-16-21(22)12-4-1-5-13-21/h8-11,15,18,20H,1-7,12-14,16H2. The largest absolute Gasteiger partial charge is 0.298 e. The third-order valence-electron chi connectivity index (χ3n) is 6.72. The van der Waals surface area contributed by atoms with Crippen molar-refractivity contribution in [2.75, 3.05) is 13.1 Å². The Morgan fingerprint density at radius 1 is 1.04 bits per heavy atom. The summed E-state index contributed by atoms with van der Waals surface area (Å²) in [5.74, 6) is 1.51. The molecule has 0 N–H and O–H groups in total. The van der Waals surface area contributed by atoms with Gasteiger partial charge in [-0.15, -0.1) is 0 Å². The van der Waals surface area contributed by atoms with Gasteiger partial charge in [0, 0.05) is 24.2 Å². The Balaban J connectivity index is 1.50. The van der Waals surface area contributed by atoms with Gasteiger partial charge < -0.3 is 0 Å². The molecule has 3 aliphatic rings. The van der Waals surface area contributed by atoms with Crippen molar-refractivity contribution < 1.29 is 4.79 Å². The summed E-state index contributed by atoms with van der Waals surface area (Å²) in [5, 5.41) is 0. The van der Waals surface area contributed by atoms with Crippen LogP contribution in [0.4, 0.5) is 0 Å². The molecule has 0 radical (unpaired) electrons. The van der Waals surface area contributed by atoms with Crippen LogP contribution in [0.25, 0.3) is 0 Å². The molecule has 2 aliphatic carbocycles. The number of rotatable bonds is 5. The topological polar surface area (TPSA) is 20.1 Å². The van der Waals surface area contributed by atoms with Gasteiger partial charge in [-0.1, -0.05) is 56.4 Å². The highest BCUT2D eigenvalue weighted by atomic mass is 16.1. The smallest absolute Gasteiger partial charge is 0.150 e. The zero-order valence-corrected chi connectivity index (χ0v) is 14.2. The van der Waals surface area contributed by atoms with Crippen LogP contribution in [0.5, 0.6) is 0 Å². The third kappa shape index (κ3) is 3.10. The highest BCUT2D eigenvalue weighted by molar-refractivity contribution is 5.74. The lowest BCUT2D eigenvalue weighted by Gasteiger charge is -2.28. The van der Waals surface area contributed by atoms with E-state index in [4.69, 9.17) is 0 Å². The summed E-state index contributed by atoms with van der Waals surface area (Å²) in [6, 6.07) is 8.43. The van der Waals surface area contributed by atoms with Crippen LogP contribution >= 0.6 is 0 Å². The summed E-state index contributed by atoms with van der Waals surface area (Å²) in [7, 11) is 0. The van der Waals surface area contributed by atoms with Crippen molar-refractivity contribution in [3.05, 3.63) is 35.4 Å². The first-order chi connectivity index (χ1) is 11.3. The fourth-order valence-electron chi connectivity index (χ4n) is 5.21. The van der Waals surface area contributed by atoms with Gasteiger partial charge in [0.1, 0.15) is 6.29 Å². The van der Waals surface area contributed by atoms with Crippen molar-refractivity contribution in [1.29, 1.82) is 0 Å². The predicted molar refractivity (Wildman–Crippen MR) is 93.9 cm³/mol. The Labute approximate surface area is 140 Å². The highest BCUT2D eigenvalue weighted by Crippen LogP contribution is 2.48. The van der Waals surface area contributed by atoms with Crippen molar-refractivity contribution in [2.24, 2.45) is 5.92 Å². The summed E-state index contributed by atoms with van der Waals surface area (Å²) in [6.07, 6.45) is 13.7. The first-order valence-electron chi connectivity index (χ1n) is 9.61. The molecule has 23 heavy (non-hydrogen) atoms. The molecule has 4 rings (SSSR count). The van der Waals surface area contributed by atoms with Crippen LogP contribution in [-0.2, 0) is 0 Å². The minimum absolute atomic E-state index is 0.581. The van der Waals surface area contributed by atoms with Crippen molar-refractivity contribution >= 4 is 6.29 Å². The van der Waals surface area contributed by atoms with Gasteiger partial charge in [-0.3, -0.25) is 9.69 Å². The summed E-state index contributed by atoms with van der Waals surface area (Å²) >= 11 is 0. The monoisotopic (exact) mass is 311 g/mol. The normalized spacial score (nSPS) is 27.9. The third-order valence-corrected chi connectivity index (χ3v) is 6.72. The Bertz CT molecular complexity index is 537. The van der Waals surface area contributed by atoms with Gasteiger partial charge in [0.15, 0.2) is 0 Å². The van der Waals surface area contributed by atoms with Crippen LogP contribution < -0.4 is 0 Å². The van der Waals surface area contributed by atoms with Crippen LogP contribution in [0.1, 0.15) is 79.6 Å². The van der Waals surface area contributed by atoms with Crippen LogP contribution in [0.2, 0.25) is 0 Å². The Kier molecular flexibility index (Phi) is 4.27. The van der Waals surface area contributed by atoms with E-state index in [0.29, 0.717) is 11.5 Å². The van der Waals surface area contributed by atoms with E-state index >= 15 is 0 Å². The van der Waals surface area contributed by atoms with E-state index in [0.717, 1.165) is 17.8 Å². The molecule has 2 unspecified atom stereocenters. The molecule has 1 aliphatic heterocycles. The Morgan fingerprint density at radius 3 is 2.39 bits per heavy atom. The van der Waals surface area contributed by atoms with E-state index in [1.807, 2.05) is 12.1 Å². The second-order valence-corrected chi connectivity index (χ2v) is 8.10. The van der Waals surface area contributed by atoms with E-state index in [2.05, 4.69) is 17.0 Å². The molecule has 2 nitrogen and oxygen atoms in total. The zero-order valence-electron chi connectivity index (χ0n) is 14.2. The first kappa shape index (κ1) is 15.4. The molecule has 1 saturated heterocycles. The maximum atomic E-state index is 10.9. The highest BCUT2D eigenvalue weighted by Gasteiger charge is 2.52. The molecule has 1 heterocycles. The van der Waals surface area contributed by atoms with E-state index in [-0.39, 0.29) is 0 Å². The fourth-order valence-corrected chi connectivity index (χ4v) is 5.21. The van der Waals surface area contributed by atoms with E-state index in [1.165, 1.54) is 76.4 Å². The van der Waals surface area contributed by atoms with Crippen molar-refractivity contribution in [1.82, 2.24) is 4.90 Å². The maximum Gasteiger partial charge on any atom is 0.150 e. The minimum Gasteiger partial charge on any atom is -0.298 e. The predicted octanol–water partition coefficient (Wildman–Crippen LogP) is 4.79. The fraction of sp³-hybridized carbons (Fsp3) is 0.667. The van der Waals surface area contributed by atoms with E-state index in [9.17, 15) is 4.79 Å². The summed E-state index contributed by atoms with van der Waals surface area (Å²) in [6.45, 7) is 2.58. The molecule has 2 saturated carbocycles. The lowest BCUT2D eigenvalue weighted by atomic mass is 9.83. The molecule has 2 heteroatoms. The maximum absolute atomic E-state index is 10.9. The summed E-state index contributed by atoms with van der Waals surface area (Å²) in [4.78, 5) is 13.7. The second kappa shape index (κ2) is 6.39. The molecule has 124 valence electrons. The van der Waals surface area contributed by atoms with Crippen LogP contribution in [0, 0.1) is 5.92 Å². The molecule has 0 aromatic heterocycles.